The third kappa shape index (κ3) is 2.95. The predicted molar refractivity (Wildman–Crippen MR) is 153 cm³/mol. The monoisotopic (exact) mass is 475 g/mol. The van der Waals surface area contributed by atoms with Crippen LogP contribution in [0.1, 0.15) is 0 Å². The van der Waals surface area contributed by atoms with Crippen LogP contribution in [-0.2, 0) is 0 Å². The van der Waals surface area contributed by atoms with E-state index >= 15 is 0 Å². The van der Waals surface area contributed by atoms with Crippen molar-refractivity contribution in [3.63, 3.8) is 0 Å². The van der Waals surface area contributed by atoms with Gasteiger partial charge in [-0.1, -0.05) is 78.9 Å². The van der Waals surface area contributed by atoms with Gasteiger partial charge in [-0.05, 0) is 47.9 Å². The highest BCUT2D eigenvalue weighted by Crippen LogP contribution is 2.46. The first kappa shape index (κ1) is 20.2. The van der Waals surface area contributed by atoms with Gasteiger partial charge in [-0.25, -0.2) is 0 Å². The van der Waals surface area contributed by atoms with Crippen molar-refractivity contribution < 1.29 is 8.83 Å². The Morgan fingerprint density at radius 1 is 0.378 bits per heavy atom. The van der Waals surface area contributed by atoms with E-state index in [-0.39, 0.29) is 0 Å². The van der Waals surface area contributed by atoms with E-state index < -0.39 is 0 Å². The lowest BCUT2D eigenvalue weighted by Gasteiger charge is -2.25. The Kier molecular flexibility index (Phi) is 4.23. The molecule has 37 heavy (non-hydrogen) atoms. The number of rotatable bonds is 3. The number of benzene rings is 6. The third-order valence-electron chi connectivity index (χ3n) is 7.22. The van der Waals surface area contributed by atoms with Gasteiger partial charge in [0.15, 0.2) is 0 Å². The Morgan fingerprint density at radius 2 is 0.946 bits per heavy atom. The zero-order valence-corrected chi connectivity index (χ0v) is 19.9. The minimum atomic E-state index is 0.854. The van der Waals surface area contributed by atoms with Gasteiger partial charge in [0, 0.05) is 44.7 Å². The van der Waals surface area contributed by atoms with E-state index in [1.54, 1.807) is 0 Å². The standard InChI is InChI=1S/C34H21NO2/c1-3-11-22(12-4-1)35(23-13-5-2-6-14-23)24-19-20-28-30(21-24)37-34-31(28)25-15-7-8-16-26(25)33-32(34)27-17-9-10-18-29(27)36-33/h1-21H. The molecule has 0 aliphatic heterocycles. The summed E-state index contributed by atoms with van der Waals surface area (Å²) in [5.41, 5.74) is 6.70. The van der Waals surface area contributed by atoms with Gasteiger partial charge in [0.25, 0.3) is 0 Å². The fourth-order valence-corrected chi connectivity index (χ4v) is 5.63. The van der Waals surface area contributed by atoms with Gasteiger partial charge in [-0.3, -0.25) is 0 Å². The summed E-state index contributed by atoms with van der Waals surface area (Å²) in [7, 11) is 0. The number of anilines is 3. The maximum absolute atomic E-state index is 6.72. The van der Waals surface area contributed by atoms with Crippen molar-refractivity contribution in [3.05, 3.63) is 127 Å². The molecule has 0 aliphatic rings. The minimum absolute atomic E-state index is 0.854. The zero-order valence-electron chi connectivity index (χ0n) is 19.9. The summed E-state index contributed by atoms with van der Waals surface area (Å²) in [6, 6.07) is 44.0. The molecule has 0 fully saturated rings. The van der Waals surface area contributed by atoms with Crippen molar-refractivity contribution in [3.8, 4) is 0 Å². The summed E-state index contributed by atoms with van der Waals surface area (Å²) in [4.78, 5) is 2.26. The van der Waals surface area contributed by atoms with Gasteiger partial charge >= 0.3 is 0 Å². The molecule has 0 atom stereocenters. The summed E-state index contributed by atoms with van der Waals surface area (Å²) in [5.74, 6) is 0. The van der Waals surface area contributed by atoms with Crippen LogP contribution >= 0.6 is 0 Å². The van der Waals surface area contributed by atoms with Crippen molar-refractivity contribution in [2.45, 2.75) is 0 Å². The molecule has 0 radical (unpaired) electrons. The van der Waals surface area contributed by atoms with Crippen molar-refractivity contribution >= 4 is 71.7 Å². The largest absolute Gasteiger partial charge is 0.455 e. The topological polar surface area (TPSA) is 29.5 Å². The van der Waals surface area contributed by atoms with Crippen LogP contribution in [0.4, 0.5) is 17.1 Å². The average molecular weight is 476 g/mol. The molecule has 3 heteroatoms. The van der Waals surface area contributed by atoms with Gasteiger partial charge in [0.1, 0.15) is 22.3 Å². The Hall–Kier alpha value is -5.02. The van der Waals surface area contributed by atoms with Crippen LogP contribution in [0, 0.1) is 0 Å². The maximum Gasteiger partial charge on any atom is 0.147 e. The second-order valence-electron chi connectivity index (χ2n) is 9.34. The number of fused-ring (bicyclic) bond motifs is 10. The molecule has 174 valence electrons. The second kappa shape index (κ2) is 7.74. The van der Waals surface area contributed by atoms with Crippen molar-refractivity contribution in [1.82, 2.24) is 0 Å². The summed E-state index contributed by atoms with van der Waals surface area (Å²) < 4.78 is 13.1. The van der Waals surface area contributed by atoms with Crippen LogP contribution in [0.25, 0.3) is 54.6 Å². The van der Waals surface area contributed by atoms with E-state index in [4.69, 9.17) is 8.83 Å². The minimum Gasteiger partial charge on any atom is -0.455 e. The van der Waals surface area contributed by atoms with Gasteiger partial charge in [-0.2, -0.15) is 0 Å². The van der Waals surface area contributed by atoms with Crippen LogP contribution < -0.4 is 4.90 Å². The highest BCUT2D eigenvalue weighted by Gasteiger charge is 2.21. The first-order valence-electron chi connectivity index (χ1n) is 12.5. The normalized spacial score (nSPS) is 11.8. The highest BCUT2D eigenvalue weighted by molar-refractivity contribution is 6.33. The number of hydrogen-bond donors (Lipinski definition) is 0. The fourth-order valence-electron chi connectivity index (χ4n) is 5.63. The van der Waals surface area contributed by atoms with Gasteiger partial charge < -0.3 is 13.7 Å². The van der Waals surface area contributed by atoms with E-state index in [1.807, 2.05) is 24.3 Å². The van der Waals surface area contributed by atoms with Crippen molar-refractivity contribution in [1.29, 1.82) is 0 Å². The molecule has 0 amide bonds. The third-order valence-corrected chi connectivity index (χ3v) is 7.22. The maximum atomic E-state index is 6.72. The van der Waals surface area contributed by atoms with Crippen LogP contribution in [0.3, 0.4) is 0 Å². The molecular weight excluding hydrogens is 454 g/mol. The smallest absolute Gasteiger partial charge is 0.147 e. The average Bonchev–Trinajstić information content (AvgIpc) is 3.53. The second-order valence-corrected chi connectivity index (χ2v) is 9.34. The molecule has 2 heterocycles. The van der Waals surface area contributed by atoms with Crippen LogP contribution in [0.2, 0.25) is 0 Å². The quantitative estimate of drug-likeness (QED) is 0.255. The highest BCUT2D eigenvalue weighted by atomic mass is 16.3. The lowest BCUT2D eigenvalue weighted by atomic mass is 9.99. The molecule has 2 aromatic heterocycles. The summed E-state index contributed by atoms with van der Waals surface area (Å²) in [5, 5.41) is 6.57. The number of para-hydroxylation sites is 3. The molecule has 0 bridgehead atoms. The Labute approximate surface area is 212 Å². The van der Waals surface area contributed by atoms with Gasteiger partial charge in [-0.15, -0.1) is 0 Å². The lowest BCUT2D eigenvalue weighted by Crippen LogP contribution is -2.09. The molecule has 0 unspecified atom stereocenters. The molecule has 0 saturated carbocycles. The fraction of sp³-hybridized carbons (Fsp3) is 0. The Balaban J connectivity index is 1.47. The molecule has 3 nitrogen and oxygen atoms in total. The molecule has 0 spiro atoms. The summed E-state index contributed by atoms with van der Waals surface area (Å²) in [6.07, 6.45) is 0. The van der Waals surface area contributed by atoms with E-state index in [0.717, 1.165) is 71.7 Å². The van der Waals surface area contributed by atoms with Gasteiger partial charge in [0.2, 0.25) is 0 Å². The van der Waals surface area contributed by atoms with Crippen LogP contribution in [-0.4, -0.2) is 0 Å². The molecule has 0 saturated heterocycles. The molecule has 8 aromatic rings. The van der Waals surface area contributed by atoms with Crippen molar-refractivity contribution in [2.24, 2.45) is 0 Å². The number of hydrogen-bond acceptors (Lipinski definition) is 3. The molecule has 6 aromatic carbocycles. The molecule has 0 aliphatic carbocycles. The first-order chi connectivity index (χ1) is 18.4. The molecular formula is C34H21NO2. The van der Waals surface area contributed by atoms with E-state index in [1.165, 1.54) is 0 Å². The van der Waals surface area contributed by atoms with E-state index in [9.17, 15) is 0 Å². The zero-order chi connectivity index (χ0) is 24.3. The Bertz CT molecular complexity index is 2050. The molecule has 0 N–H and O–H groups in total. The lowest BCUT2D eigenvalue weighted by molar-refractivity contribution is 0.665. The van der Waals surface area contributed by atoms with E-state index in [0.29, 0.717) is 0 Å². The first-order valence-corrected chi connectivity index (χ1v) is 12.5. The summed E-state index contributed by atoms with van der Waals surface area (Å²) in [6.45, 7) is 0. The van der Waals surface area contributed by atoms with E-state index in [2.05, 4.69) is 108 Å². The van der Waals surface area contributed by atoms with Crippen LogP contribution in [0.15, 0.2) is 136 Å². The van der Waals surface area contributed by atoms with Crippen LogP contribution in [0.5, 0.6) is 0 Å². The van der Waals surface area contributed by atoms with Gasteiger partial charge in [0.05, 0.1) is 5.39 Å². The Morgan fingerprint density at radius 3 is 1.68 bits per heavy atom. The number of nitrogens with zero attached hydrogens (tertiary/aromatic N) is 1. The molecule has 8 rings (SSSR count). The SMILES string of the molecule is c1ccc(N(c2ccccc2)c2ccc3c(c2)oc2c3c3ccccc3c3oc4ccccc4c32)cc1. The summed E-state index contributed by atoms with van der Waals surface area (Å²) >= 11 is 0. The number of furan rings is 2. The predicted octanol–water partition coefficient (Wildman–Crippen LogP) is 10.1. The van der Waals surface area contributed by atoms with Crippen molar-refractivity contribution in [2.75, 3.05) is 4.90 Å².